The smallest absolute Gasteiger partial charge is 0.352 e. The van der Waals surface area contributed by atoms with E-state index in [1.807, 2.05) is 16.8 Å². The van der Waals surface area contributed by atoms with Gasteiger partial charge in [-0.3, -0.25) is 0 Å². The minimum atomic E-state index is -0.828. The summed E-state index contributed by atoms with van der Waals surface area (Å²) in [6, 6.07) is 3.48. The second-order valence-corrected chi connectivity index (χ2v) is 4.53. The van der Waals surface area contributed by atoms with Crippen molar-refractivity contribution in [3.8, 4) is 0 Å². The molecule has 0 amide bonds. The van der Waals surface area contributed by atoms with Gasteiger partial charge in [0.1, 0.15) is 5.69 Å². The van der Waals surface area contributed by atoms with Crippen LogP contribution in [0.3, 0.4) is 0 Å². The van der Waals surface area contributed by atoms with Crippen LogP contribution < -0.4 is 0 Å². The Balaban J connectivity index is 2.16. The van der Waals surface area contributed by atoms with Crippen molar-refractivity contribution in [3.63, 3.8) is 0 Å². The minimum Gasteiger partial charge on any atom is -0.477 e. The molecular formula is C12H17NO2. The van der Waals surface area contributed by atoms with Crippen molar-refractivity contribution in [2.24, 2.45) is 5.41 Å². The number of carboxylic acid groups (broad SMARTS) is 1. The van der Waals surface area contributed by atoms with Gasteiger partial charge in [0.25, 0.3) is 0 Å². The van der Waals surface area contributed by atoms with Gasteiger partial charge in [0, 0.05) is 12.7 Å². The molecule has 0 unspecified atom stereocenters. The third kappa shape index (κ3) is 1.78. The van der Waals surface area contributed by atoms with Crippen molar-refractivity contribution in [1.29, 1.82) is 0 Å². The van der Waals surface area contributed by atoms with E-state index in [1.54, 1.807) is 6.07 Å². The molecule has 1 N–H and O–H groups in total. The predicted molar refractivity (Wildman–Crippen MR) is 58.0 cm³/mol. The average Bonchev–Trinajstić information content (AvgIpc) is 2.59. The maximum absolute atomic E-state index is 10.9. The van der Waals surface area contributed by atoms with Gasteiger partial charge in [-0.1, -0.05) is 13.3 Å². The van der Waals surface area contributed by atoms with Gasteiger partial charge in [-0.25, -0.2) is 4.79 Å². The van der Waals surface area contributed by atoms with Crippen molar-refractivity contribution in [2.75, 3.05) is 0 Å². The third-order valence-electron chi connectivity index (χ3n) is 3.72. The summed E-state index contributed by atoms with van der Waals surface area (Å²) in [7, 11) is 0. The average molecular weight is 207 g/mol. The zero-order valence-corrected chi connectivity index (χ0v) is 9.07. The molecule has 0 aromatic carbocycles. The Morgan fingerprint density at radius 3 is 2.80 bits per heavy atom. The van der Waals surface area contributed by atoms with Crippen LogP contribution in [-0.2, 0) is 6.54 Å². The van der Waals surface area contributed by atoms with Gasteiger partial charge in [-0.05, 0) is 36.8 Å². The maximum atomic E-state index is 10.9. The van der Waals surface area contributed by atoms with Gasteiger partial charge in [0.05, 0.1) is 0 Å². The molecule has 0 bridgehead atoms. The van der Waals surface area contributed by atoms with Gasteiger partial charge in [0.15, 0.2) is 0 Å². The van der Waals surface area contributed by atoms with Crippen LogP contribution in [0.1, 0.15) is 43.1 Å². The summed E-state index contributed by atoms with van der Waals surface area (Å²) in [6.07, 6.45) is 6.78. The summed E-state index contributed by atoms with van der Waals surface area (Å²) in [4.78, 5) is 10.9. The van der Waals surface area contributed by atoms with E-state index in [1.165, 1.54) is 19.3 Å². The Morgan fingerprint density at radius 2 is 2.33 bits per heavy atom. The fourth-order valence-corrected chi connectivity index (χ4v) is 2.41. The zero-order valence-electron chi connectivity index (χ0n) is 9.07. The Morgan fingerprint density at radius 1 is 1.60 bits per heavy atom. The van der Waals surface area contributed by atoms with Crippen LogP contribution in [0.2, 0.25) is 0 Å². The first kappa shape index (κ1) is 10.3. The SMILES string of the molecule is CCC1(Cn2cccc2C(=O)O)CCC1. The maximum Gasteiger partial charge on any atom is 0.352 e. The molecule has 0 spiro atoms. The van der Waals surface area contributed by atoms with Crippen molar-refractivity contribution in [1.82, 2.24) is 4.57 Å². The molecule has 1 aliphatic carbocycles. The summed E-state index contributed by atoms with van der Waals surface area (Å²) in [6.45, 7) is 3.06. The second-order valence-electron chi connectivity index (χ2n) is 4.53. The molecule has 1 heterocycles. The number of carboxylic acids is 1. The van der Waals surface area contributed by atoms with E-state index < -0.39 is 5.97 Å². The van der Waals surface area contributed by atoms with Crippen LogP contribution in [0, 0.1) is 5.41 Å². The first-order chi connectivity index (χ1) is 7.17. The number of hydrogen-bond acceptors (Lipinski definition) is 1. The lowest BCUT2D eigenvalue weighted by atomic mass is 9.67. The summed E-state index contributed by atoms with van der Waals surface area (Å²) < 4.78 is 1.88. The number of nitrogens with zero attached hydrogens (tertiary/aromatic N) is 1. The highest BCUT2D eigenvalue weighted by molar-refractivity contribution is 5.85. The number of hydrogen-bond donors (Lipinski definition) is 1. The fourth-order valence-electron chi connectivity index (χ4n) is 2.41. The molecule has 0 radical (unpaired) electrons. The molecule has 82 valence electrons. The van der Waals surface area contributed by atoms with Crippen molar-refractivity contribution < 1.29 is 9.90 Å². The van der Waals surface area contributed by atoms with E-state index in [2.05, 4.69) is 6.92 Å². The van der Waals surface area contributed by atoms with Crippen LogP contribution in [-0.4, -0.2) is 15.6 Å². The summed E-state index contributed by atoms with van der Waals surface area (Å²) in [5, 5.41) is 8.99. The Kier molecular flexibility index (Phi) is 2.55. The standard InChI is InChI=1S/C12H17NO2/c1-2-12(6-4-7-12)9-13-8-3-5-10(13)11(14)15/h3,5,8H,2,4,6-7,9H2,1H3,(H,14,15). The summed E-state index contributed by atoms with van der Waals surface area (Å²) in [5.74, 6) is -0.828. The molecule has 0 aliphatic heterocycles. The van der Waals surface area contributed by atoms with E-state index >= 15 is 0 Å². The molecule has 1 fully saturated rings. The topological polar surface area (TPSA) is 42.2 Å². The Bertz CT molecular complexity index is 358. The second kappa shape index (κ2) is 3.72. The van der Waals surface area contributed by atoms with Crippen molar-refractivity contribution in [3.05, 3.63) is 24.0 Å². The van der Waals surface area contributed by atoms with Gasteiger partial charge in [-0.15, -0.1) is 0 Å². The zero-order chi connectivity index (χ0) is 10.9. The summed E-state index contributed by atoms with van der Waals surface area (Å²) in [5.41, 5.74) is 0.776. The highest BCUT2D eigenvalue weighted by atomic mass is 16.4. The Hall–Kier alpha value is -1.25. The molecule has 2 rings (SSSR count). The van der Waals surface area contributed by atoms with Crippen molar-refractivity contribution in [2.45, 2.75) is 39.2 Å². The van der Waals surface area contributed by atoms with Gasteiger partial charge in [-0.2, -0.15) is 0 Å². The van der Waals surface area contributed by atoms with Crippen LogP contribution in [0.4, 0.5) is 0 Å². The van der Waals surface area contributed by atoms with E-state index in [9.17, 15) is 4.79 Å². The first-order valence-electron chi connectivity index (χ1n) is 5.55. The lowest BCUT2D eigenvalue weighted by Gasteiger charge is -2.41. The molecule has 0 saturated heterocycles. The molecule has 15 heavy (non-hydrogen) atoms. The third-order valence-corrected chi connectivity index (χ3v) is 3.72. The normalized spacial score (nSPS) is 18.5. The van der Waals surface area contributed by atoms with Crippen molar-refractivity contribution >= 4 is 5.97 Å². The van der Waals surface area contributed by atoms with Crippen LogP contribution in [0.5, 0.6) is 0 Å². The molecule has 1 aromatic heterocycles. The monoisotopic (exact) mass is 207 g/mol. The van der Waals surface area contributed by atoms with E-state index in [4.69, 9.17) is 5.11 Å². The summed E-state index contributed by atoms with van der Waals surface area (Å²) >= 11 is 0. The van der Waals surface area contributed by atoms with Crippen LogP contribution in [0.25, 0.3) is 0 Å². The number of aromatic nitrogens is 1. The van der Waals surface area contributed by atoms with Gasteiger partial charge < -0.3 is 9.67 Å². The minimum absolute atomic E-state index is 0.364. The van der Waals surface area contributed by atoms with E-state index in [0.29, 0.717) is 11.1 Å². The molecular weight excluding hydrogens is 190 g/mol. The van der Waals surface area contributed by atoms with Crippen LogP contribution in [0.15, 0.2) is 18.3 Å². The number of carbonyl (C=O) groups is 1. The van der Waals surface area contributed by atoms with E-state index in [0.717, 1.165) is 13.0 Å². The predicted octanol–water partition coefficient (Wildman–Crippen LogP) is 2.77. The fraction of sp³-hybridized carbons (Fsp3) is 0.583. The number of aromatic carboxylic acids is 1. The molecule has 0 atom stereocenters. The lowest BCUT2D eigenvalue weighted by Crippen LogP contribution is -2.34. The van der Waals surface area contributed by atoms with Crippen LogP contribution >= 0.6 is 0 Å². The highest BCUT2D eigenvalue weighted by Gasteiger charge is 2.35. The quantitative estimate of drug-likeness (QED) is 0.824. The molecule has 1 aromatic rings. The molecule has 1 aliphatic rings. The van der Waals surface area contributed by atoms with E-state index in [-0.39, 0.29) is 0 Å². The van der Waals surface area contributed by atoms with Gasteiger partial charge >= 0.3 is 5.97 Å². The highest BCUT2D eigenvalue weighted by Crippen LogP contribution is 2.45. The molecule has 3 heteroatoms. The Labute approximate surface area is 89.7 Å². The lowest BCUT2D eigenvalue weighted by molar-refractivity contribution is 0.0661. The number of rotatable bonds is 4. The molecule has 3 nitrogen and oxygen atoms in total. The first-order valence-corrected chi connectivity index (χ1v) is 5.55. The largest absolute Gasteiger partial charge is 0.477 e. The van der Waals surface area contributed by atoms with Gasteiger partial charge in [0.2, 0.25) is 0 Å². The molecule has 1 saturated carbocycles.